The molecule has 1 rings (SSSR count). The number of alkyl halides is 1. The number of rotatable bonds is 7. The standard InChI is InChI=1S/C17H34BrNO/c1-7-9-17(11-18,10-8-2)14-19-12-15(3,4)20-16(5,6)13-19/h7-14H2,1-6H3. The van der Waals surface area contributed by atoms with Crippen molar-refractivity contribution >= 4 is 15.9 Å². The lowest BCUT2D eigenvalue weighted by molar-refractivity contribution is -0.184. The molecular formula is C17H34BrNO. The first-order valence-corrected chi connectivity index (χ1v) is 9.28. The van der Waals surface area contributed by atoms with E-state index < -0.39 is 0 Å². The Labute approximate surface area is 134 Å². The second kappa shape index (κ2) is 7.11. The molecule has 20 heavy (non-hydrogen) atoms. The van der Waals surface area contributed by atoms with Crippen LogP contribution < -0.4 is 0 Å². The van der Waals surface area contributed by atoms with Gasteiger partial charge in [0.2, 0.25) is 0 Å². The van der Waals surface area contributed by atoms with Gasteiger partial charge in [-0.15, -0.1) is 0 Å². The minimum atomic E-state index is -0.0434. The second-order valence-electron chi connectivity index (χ2n) is 7.90. The Morgan fingerprint density at radius 1 is 1.00 bits per heavy atom. The lowest BCUT2D eigenvalue weighted by atomic mass is 9.80. The first kappa shape index (κ1) is 18.4. The van der Waals surface area contributed by atoms with Gasteiger partial charge in [-0.05, 0) is 46.0 Å². The molecule has 0 spiro atoms. The third-order valence-corrected chi connectivity index (χ3v) is 5.35. The van der Waals surface area contributed by atoms with Crippen molar-refractivity contribution in [2.75, 3.05) is 25.0 Å². The molecule has 1 fully saturated rings. The first-order chi connectivity index (χ1) is 9.17. The maximum atomic E-state index is 6.21. The fraction of sp³-hybridized carbons (Fsp3) is 1.00. The molecule has 0 aromatic heterocycles. The van der Waals surface area contributed by atoms with E-state index in [0.717, 1.165) is 18.4 Å². The number of halogens is 1. The van der Waals surface area contributed by atoms with Crippen molar-refractivity contribution in [1.82, 2.24) is 4.90 Å². The molecule has 0 N–H and O–H groups in total. The van der Waals surface area contributed by atoms with E-state index >= 15 is 0 Å². The maximum Gasteiger partial charge on any atom is 0.0760 e. The maximum absolute atomic E-state index is 6.21. The number of morpholine rings is 1. The van der Waals surface area contributed by atoms with Crippen molar-refractivity contribution in [2.45, 2.75) is 78.4 Å². The van der Waals surface area contributed by atoms with Gasteiger partial charge in [-0.2, -0.15) is 0 Å². The van der Waals surface area contributed by atoms with Gasteiger partial charge in [-0.3, -0.25) is 4.90 Å². The Morgan fingerprint density at radius 2 is 1.45 bits per heavy atom. The first-order valence-electron chi connectivity index (χ1n) is 8.16. The zero-order chi connectivity index (χ0) is 15.4. The Morgan fingerprint density at radius 3 is 1.80 bits per heavy atom. The molecule has 3 heteroatoms. The average molecular weight is 348 g/mol. The molecule has 120 valence electrons. The molecular weight excluding hydrogens is 314 g/mol. The summed E-state index contributed by atoms with van der Waals surface area (Å²) in [5.74, 6) is 0. The summed E-state index contributed by atoms with van der Waals surface area (Å²) in [4.78, 5) is 2.64. The van der Waals surface area contributed by atoms with E-state index in [4.69, 9.17) is 4.74 Å². The second-order valence-corrected chi connectivity index (χ2v) is 8.46. The molecule has 0 saturated carbocycles. The monoisotopic (exact) mass is 347 g/mol. The van der Waals surface area contributed by atoms with E-state index in [2.05, 4.69) is 62.4 Å². The van der Waals surface area contributed by atoms with Gasteiger partial charge < -0.3 is 4.74 Å². The lowest BCUT2D eigenvalue weighted by Gasteiger charge is -2.50. The predicted octanol–water partition coefficient (Wildman–Crippen LogP) is 4.86. The number of hydrogen-bond donors (Lipinski definition) is 0. The zero-order valence-electron chi connectivity index (χ0n) is 14.4. The van der Waals surface area contributed by atoms with Crippen LogP contribution in [-0.2, 0) is 4.74 Å². The topological polar surface area (TPSA) is 12.5 Å². The molecule has 0 amide bonds. The van der Waals surface area contributed by atoms with Gasteiger partial charge in [-0.1, -0.05) is 42.6 Å². The number of hydrogen-bond acceptors (Lipinski definition) is 2. The quantitative estimate of drug-likeness (QED) is 0.610. The van der Waals surface area contributed by atoms with Crippen LogP contribution in [0.2, 0.25) is 0 Å². The van der Waals surface area contributed by atoms with Crippen LogP contribution in [0, 0.1) is 5.41 Å². The largest absolute Gasteiger partial charge is 0.367 e. The van der Waals surface area contributed by atoms with Gasteiger partial charge in [0.15, 0.2) is 0 Å². The lowest BCUT2D eigenvalue weighted by Crippen LogP contribution is -2.59. The molecule has 1 saturated heterocycles. The summed E-state index contributed by atoms with van der Waals surface area (Å²) in [5, 5.41) is 1.11. The number of nitrogens with zero attached hydrogens (tertiary/aromatic N) is 1. The Kier molecular flexibility index (Phi) is 6.56. The van der Waals surface area contributed by atoms with Crippen molar-refractivity contribution in [3.8, 4) is 0 Å². The smallest absolute Gasteiger partial charge is 0.0760 e. The van der Waals surface area contributed by atoms with E-state index in [0.29, 0.717) is 5.41 Å². The summed E-state index contributed by atoms with van der Waals surface area (Å²) in [7, 11) is 0. The Bertz CT molecular complexity index is 279. The van der Waals surface area contributed by atoms with E-state index in [9.17, 15) is 0 Å². The molecule has 2 nitrogen and oxygen atoms in total. The van der Waals surface area contributed by atoms with Crippen LogP contribution >= 0.6 is 15.9 Å². The van der Waals surface area contributed by atoms with Gasteiger partial charge >= 0.3 is 0 Å². The average Bonchev–Trinajstić information content (AvgIpc) is 2.25. The van der Waals surface area contributed by atoms with Gasteiger partial charge in [0.25, 0.3) is 0 Å². The highest BCUT2D eigenvalue weighted by Crippen LogP contribution is 2.36. The fourth-order valence-corrected chi connectivity index (χ4v) is 4.79. The van der Waals surface area contributed by atoms with Crippen molar-refractivity contribution in [3.05, 3.63) is 0 Å². The summed E-state index contributed by atoms with van der Waals surface area (Å²) in [6.45, 7) is 16.8. The van der Waals surface area contributed by atoms with E-state index in [1.165, 1.54) is 32.2 Å². The highest BCUT2D eigenvalue weighted by molar-refractivity contribution is 9.09. The van der Waals surface area contributed by atoms with E-state index in [1.807, 2.05) is 0 Å². The third-order valence-electron chi connectivity index (χ3n) is 4.16. The molecule has 0 unspecified atom stereocenters. The van der Waals surface area contributed by atoms with Crippen LogP contribution in [0.3, 0.4) is 0 Å². The van der Waals surface area contributed by atoms with E-state index in [1.54, 1.807) is 0 Å². The minimum absolute atomic E-state index is 0.0434. The van der Waals surface area contributed by atoms with Crippen LogP contribution in [0.1, 0.15) is 67.2 Å². The molecule has 0 aliphatic carbocycles. The zero-order valence-corrected chi connectivity index (χ0v) is 16.0. The molecule has 0 bridgehead atoms. The summed E-state index contributed by atoms with van der Waals surface area (Å²) in [5.41, 5.74) is 0.337. The molecule has 1 heterocycles. The van der Waals surface area contributed by atoms with Crippen LogP contribution in [-0.4, -0.2) is 41.1 Å². The Balaban J connectivity index is 2.81. The molecule has 0 radical (unpaired) electrons. The highest BCUT2D eigenvalue weighted by atomic mass is 79.9. The van der Waals surface area contributed by atoms with Crippen LogP contribution in [0.25, 0.3) is 0 Å². The molecule has 0 aromatic rings. The van der Waals surface area contributed by atoms with Gasteiger partial charge in [-0.25, -0.2) is 0 Å². The molecule has 1 aliphatic heterocycles. The van der Waals surface area contributed by atoms with E-state index in [-0.39, 0.29) is 11.2 Å². The van der Waals surface area contributed by atoms with Crippen molar-refractivity contribution < 1.29 is 4.74 Å². The number of ether oxygens (including phenoxy) is 1. The van der Waals surface area contributed by atoms with Crippen LogP contribution in [0.4, 0.5) is 0 Å². The summed E-state index contributed by atoms with van der Waals surface area (Å²) in [6.07, 6.45) is 5.15. The van der Waals surface area contributed by atoms with Crippen molar-refractivity contribution in [1.29, 1.82) is 0 Å². The Hall–Kier alpha value is 0.400. The van der Waals surface area contributed by atoms with Crippen LogP contribution in [0.15, 0.2) is 0 Å². The predicted molar refractivity (Wildman–Crippen MR) is 91.7 cm³/mol. The van der Waals surface area contributed by atoms with Gasteiger partial charge in [0.05, 0.1) is 11.2 Å². The van der Waals surface area contributed by atoms with Crippen LogP contribution in [0.5, 0.6) is 0 Å². The SMILES string of the molecule is CCCC(CBr)(CCC)CN1CC(C)(C)OC(C)(C)C1. The van der Waals surface area contributed by atoms with Crippen molar-refractivity contribution in [2.24, 2.45) is 5.41 Å². The molecule has 1 aliphatic rings. The van der Waals surface area contributed by atoms with Gasteiger partial charge in [0.1, 0.15) is 0 Å². The summed E-state index contributed by atoms with van der Waals surface area (Å²) < 4.78 is 6.21. The normalized spacial score (nSPS) is 22.9. The summed E-state index contributed by atoms with van der Waals surface area (Å²) in [6, 6.07) is 0. The minimum Gasteiger partial charge on any atom is -0.367 e. The van der Waals surface area contributed by atoms with Crippen molar-refractivity contribution in [3.63, 3.8) is 0 Å². The fourth-order valence-electron chi connectivity index (χ4n) is 4.05. The molecule has 0 aromatic carbocycles. The third kappa shape index (κ3) is 5.31. The highest BCUT2D eigenvalue weighted by Gasteiger charge is 2.40. The van der Waals surface area contributed by atoms with Gasteiger partial charge in [0, 0.05) is 25.0 Å². The molecule has 0 atom stereocenters. The summed E-state index contributed by atoms with van der Waals surface area (Å²) >= 11 is 3.80.